The van der Waals surface area contributed by atoms with Crippen molar-refractivity contribution in [1.29, 1.82) is 0 Å². The average Bonchev–Trinajstić information content (AvgIpc) is 3.06. The molecular formula is C25H24Cl2F3N3O3. The molecule has 1 atom stereocenters. The van der Waals surface area contributed by atoms with E-state index in [1.807, 2.05) is 19.1 Å². The fourth-order valence-corrected chi connectivity index (χ4v) is 5.04. The van der Waals surface area contributed by atoms with Gasteiger partial charge in [-0.3, -0.25) is 14.4 Å². The molecule has 0 aliphatic carbocycles. The van der Waals surface area contributed by atoms with Crippen LogP contribution in [0, 0.1) is 0 Å². The van der Waals surface area contributed by atoms with Gasteiger partial charge >= 0.3 is 6.36 Å². The van der Waals surface area contributed by atoms with Crippen LogP contribution >= 0.6 is 23.2 Å². The third-order valence-electron chi connectivity index (χ3n) is 6.26. The van der Waals surface area contributed by atoms with Crippen LogP contribution in [0.15, 0.2) is 53.3 Å². The molecule has 6 nitrogen and oxygen atoms in total. The Morgan fingerprint density at radius 2 is 1.78 bits per heavy atom. The van der Waals surface area contributed by atoms with Gasteiger partial charge in [-0.15, -0.1) is 13.2 Å². The maximum absolute atomic E-state index is 13.0. The Balaban J connectivity index is 1.59. The van der Waals surface area contributed by atoms with E-state index in [1.165, 1.54) is 16.8 Å². The Kier molecular flexibility index (Phi) is 7.45. The zero-order valence-electron chi connectivity index (χ0n) is 19.8. The molecule has 1 aliphatic rings. The summed E-state index contributed by atoms with van der Waals surface area (Å²) in [5, 5.41) is 0.690. The van der Waals surface area contributed by atoms with Crippen LogP contribution in [-0.2, 0) is 7.05 Å². The molecule has 3 aromatic rings. The molecule has 11 heteroatoms. The predicted molar refractivity (Wildman–Crippen MR) is 133 cm³/mol. The summed E-state index contributed by atoms with van der Waals surface area (Å²) in [6, 6.07) is 10.4. The number of benzene rings is 2. The second kappa shape index (κ2) is 10.2. The highest BCUT2D eigenvalue weighted by molar-refractivity contribution is 6.31. The molecule has 0 amide bonds. The summed E-state index contributed by atoms with van der Waals surface area (Å²) in [5.74, 6) is 0.377. The lowest BCUT2D eigenvalue weighted by Gasteiger charge is -2.32. The van der Waals surface area contributed by atoms with Crippen LogP contribution in [0.5, 0.6) is 11.5 Å². The van der Waals surface area contributed by atoms with Gasteiger partial charge in [0.2, 0.25) is 0 Å². The van der Waals surface area contributed by atoms with E-state index in [-0.39, 0.29) is 16.8 Å². The highest BCUT2D eigenvalue weighted by atomic mass is 35.5. The number of hydrogen-bond acceptors (Lipinski definition) is 4. The molecule has 2 aromatic carbocycles. The van der Waals surface area contributed by atoms with Gasteiger partial charge in [0.1, 0.15) is 16.5 Å². The van der Waals surface area contributed by atoms with Crippen molar-refractivity contribution >= 4 is 28.8 Å². The Bertz CT molecular complexity index is 1350. The SMILES string of the molecule is COc1ccc(Cl)cc1C1=CCN(C(C)c2c(Cl)c(=O)n(-c3ccc(OC(F)(F)F)cc3)n2C)CC1. The van der Waals surface area contributed by atoms with Crippen molar-refractivity contribution in [3.05, 3.63) is 80.2 Å². The van der Waals surface area contributed by atoms with Crippen LogP contribution in [0.4, 0.5) is 13.2 Å². The average molecular weight is 542 g/mol. The van der Waals surface area contributed by atoms with E-state index in [1.54, 1.807) is 24.9 Å². The maximum atomic E-state index is 13.0. The second-order valence-electron chi connectivity index (χ2n) is 8.38. The van der Waals surface area contributed by atoms with Crippen LogP contribution in [-0.4, -0.2) is 40.8 Å². The zero-order chi connectivity index (χ0) is 26.2. The molecule has 0 bridgehead atoms. The summed E-state index contributed by atoms with van der Waals surface area (Å²) in [4.78, 5) is 15.2. The molecule has 0 saturated carbocycles. The van der Waals surface area contributed by atoms with Gasteiger partial charge in [0.25, 0.3) is 5.56 Å². The summed E-state index contributed by atoms with van der Waals surface area (Å²) in [6.45, 7) is 3.29. The fourth-order valence-electron chi connectivity index (χ4n) is 4.51. The first-order chi connectivity index (χ1) is 17.0. The number of rotatable bonds is 6. The van der Waals surface area contributed by atoms with Crippen molar-refractivity contribution in [2.24, 2.45) is 7.05 Å². The van der Waals surface area contributed by atoms with E-state index in [9.17, 15) is 18.0 Å². The lowest BCUT2D eigenvalue weighted by molar-refractivity contribution is -0.274. The molecule has 0 fully saturated rings. The van der Waals surface area contributed by atoms with Gasteiger partial charge in [0, 0.05) is 30.7 Å². The molecule has 0 spiro atoms. The molecule has 0 N–H and O–H groups in total. The van der Waals surface area contributed by atoms with Crippen molar-refractivity contribution in [3.8, 4) is 17.2 Å². The Morgan fingerprint density at radius 1 is 1.08 bits per heavy atom. The van der Waals surface area contributed by atoms with Crippen LogP contribution in [0.25, 0.3) is 11.3 Å². The third-order valence-corrected chi connectivity index (χ3v) is 6.85. The Labute approximate surface area is 216 Å². The molecule has 2 heterocycles. The quantitative estimate of drug-likeness (QED) is 0.370. The van der Waals surface area contributed by atoms with Gasteiger partial charge < -0.3 is 9.47 Å². The lowest BCUT2D eigenvalue weighted by atomic mass is 9.97. The van der Waals surface area contributed by atoms with Gasteiger partial charge in [-0.25, -0.2) is 4.68 Å². The summed E-state index contributed by atoms with van der Waals surface area (Å²) >= 11 is 12.7. The zero-order valence-corrected chi connectivity index (χ0v) is 21.3. The minimum atomic E-state index is -4.80. The fraction of sp³-hybridized carbons (Fsp3) is 0.320. The smallest absolute Gasteiger partial charge is 0.496 e. The molecule has 1 aliphatic heterocycles. The molecule has 1 aromatic heterocycles. The van der Waals surface area contributed by atoms with Crippen LogP contribution in [0.3, 0.4) is 0 Å². The summed E-state index contributed by atoms with van der Waals surface area (Å²) in [7, 11) is 3.32. The molecule has 36 heavy (non-hydrogen) atoms. The van der Waals surface area contributed by atoms with Gasteiger partial charge in [0.15, 0.2) is 0 Å². The standard InChI is InChI=1S/C25H24Cl2F3N3O3/c1-15(32-12-10-16(11-13-32)20-14-17(26)4-9-21(20)35-3)23-22(27)24(34)33(31(23)2)18-5-7-19(8-6-18)36-25(28,29)30/h4-10,14-15H,11-13H2,1-3H3. The van der Waals surface area contributed by atoms with Crippen molar-refractivity contribution in [3.63, 3.8) is 0 Å². The first-order valence-electron chi connectivity index (χ1n) is 11.1. The lowest BCUT2D eigenvalue weighted by Crippen LogP contribution is -2.32. The van der Waals surface area contributed by atoms with E-state index < -0.39 is 11.9 Å². The predicted octanol–water partition coefficient (Wildman–Crippen LogP) is 6.24. The van der Waals surface area contributed by atoms with E-state index in [2.05, 4.69) is 15.7 Å². The van der Waals surface area contributed by atoms with Crippen LogP contribution < -0.4 is 15.0 Å². The van der Waals surface area contributed by atoms with Gasteiger partial charge in [-0.2, -0.15) is 0 Å². The topological polar surface area (TPSA) is 48.6 Å². The molecule has 0 radical (unpaired) electrons. The highest BCUT2D eigenvalue weighted by Crippen LogP contribution is 2.35. The Hall–Kier alpha value is -2.88. The minimum absolute atomic E-state index is 0.0619. The normalized spacial score (nSPS) is 15.5. The first-order valence-corrected chi connectivity index (χ1v) is 11.9. The van der Waals surface area contributed by atoms with E-state index in [4.69, 9.17) is 27.9 Å². The second-order valence-corrected chi connectivity index (χ2v) is 9.19. The molecule has 192 valence electrons. The maximum Gasteiger partial charge on any atom is 0.573 e. The minimum Gasteiger partial charge on any atom is -0.496 e. The Morgan fingerprint density at radius 3 is 2.36 bits per heavy atom. The molecule has 0 saturated heterocycles. The largest absolute Gasteiger partial charge is 0.573 e. The number of nitrogens with zero attached hydrogens (tertiary/aromatic N) is 3. The van der Waals surface area contributed by atoms with Gasteiger partial charge in [-0.1, -0.05) is 29.3 Å². The number of alkyl halides is 3. The highest BCUT2D eigenvalue weighted by Gasteiger charge is 2.31. The third kappa shape index (κ3) is 5.28. The summed E-state index contributed by atoms with van der Waals surface area (Å²) in [5.41, 5.74) is 2.59. The molecule has 1 unspecified atom stereocenters. The van der Waals surface area contributed by atoms with Crippen molar-refractivity contribution in [1.82, 2.24) is 14.3 Å². The number of halogens is 5. The summed E-state index contributed by atoms with van der Waals surface area (Å²) < 4.78 is 49.8. The van der Waals surface area contributed by atoms with Crippen LogP contribution in [0.1, 0.15) is 30.6 Å². The van der Waals surface area contributed by atoms with Crippen LogP contribution in [0.2, 0.25) is 10.0 Å². The summed E-state index contributed by atoms with van der Waals surface area (Å²) in [6.07, 6.45) is -1.94. The van der Waals surface area contributed by atoms with E-state index >= 15 is 0 Å². The monoisotopic (exact) mass is 541 g/mol. The van der Waals surface area contributed by atoms with Crippen molar-refractivity contribution in [2.45, 2.75) is 25.7 Å². The van der Waals surface area contributed by atoms with E-state index in [0.29, 0.717) is 29.5 Å². The van der Waals surface area contributed by atoms with E-state index in [0.717, 1.165) is 35.4 Å². The first kappa shape index (κ1) is 26.2. The number of hydrogen-bond donors (Lipinski definition) is 0. The molecule has 4 rings (SSSR count). The number of aromatic nitrogens is 2. The number of ether oxygens (including phenoxy) is 2. The van der Waals surface area contributed by atoms with Gasteiger partial charge in [0.05, 0.1) is 24.5 Å². The van der Waals surface area contributed by atoms with Crippen molar-refractivity contribution < 1.29 is 22.6 Å². The molecular weight excluding hydrogens is 518 g/mol. The van der Waals surface area contributed by atoms with Crippen molar-refractivity contribution in [2.75, 3.05) is 20.2 Å². The van der Waals surface area contributed by atoms with Gasteiger partial charge in [-0.05, 0) is 61.4 Å². The number of methoxy groups -OCH3 is 1.